The van der Waals surface area contributed by atoms with Crippen LogP contribution in [0.3, 0.4) is 0 Å². The summed E-state index contributed by atoms with van der Waals surface area (Å²) in [5, 5.41) is 9.01. The van der Waals surface area contributed by atoms with Gasteiger partial charge in [-0.25, -0.2) is 0 Å². The molecule has 1 saturated heterocycles. The van der Waals surface area contributed by atoms with E-state index in [-0.39, 0.29) is 5.92 Å². The summed E-state index contributed by atoms with van der Waals surface area (Å²) in [5.41, 5.74) is 2.20. The van der Waals surface area contributed by atoms with E-state index in [1.807, 2.05) is 24.3 Å². The minimum atomic E-state index is -0.669. The zero-order chi connectivity index (χ0) is 13.9. The molecule has 1 aliphatic rings. The van der Waals surface area contributed by atoms with Crippen LogP contribution in [0.1, 0.15) is 12.8 Å². The van der Waals surface area contributed by atoms with Gasteiger partial charge in [0, 0.05) is 24.3 Å². The molecule has 0 aliphatic carbocycles. The average molecular weight is 271 g/mol. The normalized spacial score (nSPS) is 16.3. The van der Waals surface area contributed by atoms with Crippen molar-refractivity contribution < 1.29 is 14.3 Å². The fourth-order valence-corrected chi connectivity index (χ4v) is 2.66. The zero-order valence-corrected chi connectivity index (χ0v) is 11.2. The standard InChI is InChI=1S/C16H17NO3/c18-16(19)13-7-9-17(10-8-13)14-5-3-12(4-6-14)15-2-1-11-20-15/h1-6,11,13H,7-10H2,(H,18,19). The predicted octanol–water partition coefficient (Wildman–Crippen LogP) is 3.25. The van der Waals surface area contributed by atoms with Crippen molar-refractivity contribution in [2.75, 3.05) is 18.0 Å². The van der Waals surface area contributed by atoms with E-state index in [1.54, 1.807) is 6.26 Å². The van der Waals surface area contributed by atoms with Crippen molar-refractivity contribution in [2.45, 2.75) is 12.8 Å². The number of benzene rings is 1. The van der Waals surface area contributed by atoms with Crippen LogP contribution in [-0.4, -0.2) is 24.2 Å². The summed E-state index contributed by atoms with van der Waals surface area (Å²) in [5.74, 6) is 0.00703. The van der Waals surface area contributed by atoms with E-state index in [1.165, 1.54) is 0 Å². The third-order valence-corrected chi connectivity index (χ3v) is 3.88. The molecule has 0 saturated carbocycles. The second kappa shape index (κ2) is 5.41. The van der Waals surface area contributed by atoms with E-state index in [9.17, 15) is 4.79 Å². The lowest BCUT2D eigenvalue weighted by Crippen LogP contribution is -2.36. The first-order valence-corrected chi connectivity index (χ1v) is 6.86. The van der Waals surface area contributed by atoms with Gasteiger partial charge in [-0.1, -0.05) is 0 Å². The molecule has 4 heteroatoms. The zero-order valence-electron chi connectivity index (χ0n) is 11.2. The van der Waals surface area contributed by atoms with Crippen molar-refractivity contribution in [3.63, 3.8) is 0 Å². The molecule has 2 heterocycles. The number of rotatable bonds is 3. The summed E-state index contributed by atoms with van der Waals surface area (Å²) in [6.07, 6.45) is 3.10. The van der Waals surface area contributed by atoms with Gasteiger partial charge in [-0.3, -0.25) is 4.79 Å². The van der Waals surface area contributed by atoms with Gasteiger partial charge in [-0.2, -0.15) is 0 Å². The average Bonchev–Trinajstić information content (AvgIpc) is 3.02. The van der Waals surface area contributed by atoms with Gasteiger partial charge in [0.05, 0.1) is 12.2 Å². The Kier molecular flexibility index (Phi) is 3.46. The Hall–Kier alpha value is -2.23. The van der Waals surface area contributed by atoms with Crippen molar-refractivity contribution >= 4 is 11.7 Å². The molecule has 20 heavy (non-hydrogen) atoms. The van der Waals surface area contributed by atoms with Crippen LogP contribution in [0.15, 0.2) is 47.1 Å². The summed E-state index contributed by atoms with van der Waals surface area (Å²) in [6, 6.07) is 12.0. The Morgan fingerprint density at radius 1 is 1.15 bits per heavy atom. The fraction of sp³-hybridized carbons (Fsp3) is 0.312. The Morgan fingerprint density at radius 3 is 2.40 bits per heavy atom. The van der Waals surface area contributed by atoms with Crippen LogP contribution in [0.25, 0.3) is 11.3 Å². The number of nitrogens with zero attached hydrogens (tertiary/aromatic N) is 1. The summed E-state index contributed by atoms with van der Waals surface area (Å²) in [7, 11) is 0. The van der Waals surface area contributed by atoms with Crippen LogP contribution in [0, 0.1) is 5.92 Å². The Morgan fingerprint density at radius 2 is 1.85 bits per heavy atom. The number of hydrogen-bond donors (Lipinski definition) is 1. The molecule has 0 radical (unpaired) electrons. The molecule has 0 spiro atoms. The molecule has 2 aromatic rings. The van der Waals surface area contributed by atoms with Crippen LogP contribution < -0.4 is 4.90 Å². The minimum absolute atomic E-state index is 0.186. The lowest BCUT2D eigenvalue weighted by molar-refractivity contribution is -0.142. The van der Waals surface area contributed by atoms with E-state index >= 15 is 0 Å². The first kappa shape index (κ1) is 12.8. The topological polar surface area (TPSA) is 53.7 Å². The quantitative estimate of drug-likeness (QED) is 0.931. The maximum absolute atomic E-state index is 10.9. The smallest absolute Gasteiger partial charge is 0.306 e. The number of carboxylic acids is 1. The van der Waals surface area contributed by atoms with Gasteiger partial charge in [0.1, 0.15) is 5.76 Å². The lowest BCUT2D eigenvalue weighted by atomic mass is 9.96. The molecule has 4 nitrogen and oxygen atoms in total. The van der Waals surface area contributed by atoms with Crippen molar-refractivity contribution in [3.05, 3.63) is 42.7 Å². The van der Waals surface area contributed by atoms with Crippen molar-refractivity contribution in [1.29, 1.82) is 0 Å². The number of hydrogen-bond acceptors (Lipinski definition) is 3. The molecule has 0 amide bonds. The first-order chi connectivity index (χ1) is 9.74. The molecule has 0 bridgehead atoms. The van der Waals surface area contributed by atoms with Gasteiger partial charge in [0.15, 0.2) is 0 Å². The van der Waals surface area contributed by atoms with Crippen LogP contribution >= 0.6 is 0 Å². The molecule has 3 rings (SSSR count). The van der Waals surface area contributed by atoms with Gasteiger partial charge >= 0.3 is 5.97 Å². The van der Waals surface area contributed by atoms with Gasteiger partial charge in [-0.15, -0.1) is 0 Å². The van der Waals surface area contributed by atoms with Crippen LogP contribution in [0.4, 0.5) is 5.69 Å². The second-order valence-electron chi connectivity index (χ2n) is 5.12. The number of anilines is 1. The summed E-state index contributed by atoms with van der Waals surface area (Å²) in [4.78, 5) is 13.2. The van der Waals surface area contributed by atoms with Gasteiger partial charge < -0.3 is 14.4 Å². The van der Waals surface area contributed by atoms with E-state index in [0.29, 0.717) is 0 Å². The van der Waals surface area contributed by atoms with Crippen molar-refractivity contribution in [3.8, 4) is 11.3 Å². The van der Waals surface area contributed by atoms with E-state index in [4.69, 9.17) is 9.52 Å². The molecule has 0 unspecified atom stereocenters. The van der Waals surface area contributed by atoms with E-state index in [2.05, 4.69) is 17.0 Å². The molecule has 1 N–H and O–H groups in total. The maximum atomic E-state index is 10.9. The van der Waals surface area contributed by atoms with Crippen LogP contribution in [-0.2, 0) is 4.79 Å². The van der Waals surface area contributed by atoms with Crippen molar-refractivity contribution in [2.24, 2.45) is 5.92 Å². The number of carboxylic acid groups (broad SMARTS) is 1. The first-order valence-electron chi connectivity index (χ1n) is 6.86. The molecular formula is C16H17NO3. The highest BCUT2D eigenvalue weighted by Crippen LogP contribution is 2.26. The number of furan rings is 1. The molecule has 1 fully saturated rings. The predicted molar refractivity (Wildman–Crippen MR) is 76.7 cm³/mol. The summed E-state index contributed by atoms with van der Waals surface area (Å²) in [6.45, 7) is 1.61. The fourth-order valence-electron chi connectivity index (χ4n) is 2.66. The molecular weight excluding hydrogens is 254 g/mol. The highest BCUT2D eigenvalue weighted by atomic mass is 16.4. The molecule has 1 aliphatic heterocycles. The van der Waals surface area contributed by atoms with Crippen LogP contribution in [0.2, 0.25) is 0 Å². The number of piperidine rings is 1. The third kappa shape index (κ3) is 2.54. The van der Waals surface area contributed by atoms with Gasteiger partial charge in [0.2, 0.25) is 0 Å². The highest BCUT2D eigenvalue weighted by molar-refractivity contribution is 5.70. The van der Waals surface area contributed by atoms with E-state index < -0.39 is 5.97 Å². The third-order valence-electron chi connectivity index (χ3n) is 3.88. The van der Waals surface area contributed by atoms with Gasteiger partial charge in [0.25, 0.3) is 0 Å². The molecule has 1 aromatic heterocycles. The lowest BCUT2D eigenvalue weighted by Gasteiger charge is -2.32. The summed E-state index contributed by atoms with van der Waals surface area (Å²) >= 11 is 0. The largest absolute Gasteiger partial charge is 0.481 e. The van der Waals surface area contributed by atoms with Gasteiger partial charge in [-0.05, 0) is 49.2 Å². The Labute approximate surface area is 117 Å². The number of aliphatic carboxylic acids is 1. The summed E-state index contributed by atoms with van der Waals surface area (Å²) < 4.78 is 5.37. The molecule has 1 aromatic carbocycles. The second-order valence-corrected chi connectivity index (χ2v) is 5.12. The molecule has 104 valence electrons. The highest BCUT2D eigenvalue weighted by Gasteiger charge is 2.24. The Bertz CT molecular complexity index is 566. The SMILES string of the molecule is O=C(O)C1CCN(c2ccc(-c3ccco3)cc2)CC1. The maximum Gasteiger partial charge on any atom is 0.306 e. The Balaban J connectivity index is 1.68. The van der Waals surface area contributed by atoms with Crippen LogP contribution in [0.5, 0.6) is 0 Å². The monoisotopic (exact) mass is 271 g/mol. The number of carbonyl (C=O) groups is 1. The molecule has 0 atom stereocenters. The van der Waals surface area contributed by atoms with Crippen molar-refractivity contribution in [1.82, 2.24) is 0 Å². The van der Waals surface area contributed by atoms with E-state index in [0.717, 1.165) is 42.9 Å². The minimum Gasteiger partial charge on any atom is -0.481 e.